The number of anilines is 2. The minimum Gasteiger partial charge on any atom is -0.490 e. The monoisotopic (exact) mass is 468 g/mol. The molecule has 32 heavy (non-hydrogen) atoms. The number of nitrogens with two attached hydrogens (primary N) is 2. The van der Waals surface area contributed by atoms with Crippen LogP contribution in [0.3, 0.4) is 0 Å². The number of hydrogen-bond donors (Lipinski definition) is 3. The molecule has 1 atom stereocenters. The van der Waals surface area contributed by atoms with Crippen molar-refractivity contribution in [1.82, 2.24) is 9.97 Å². The van der Waals surface area contributed by atoms with Crippen LogP contribution in [0.5, 0.6) is 5.75 Å². The predicted molar refractivity (Wildman–Crippen MR) is 129 cm³/mol. The van der Waals surface area contributed by atoms with Crippen molar-refractivity contribution in [2.24, 2.45) is 0 Å². The molecule has 0 saturated carbocycles. The molecule has 5 N–H and O–H groups in total. The zero-order chi connectivity index (χ0) is 22.9. The Labute approximate surface area is 195 Å². The number of aromatic nitrogens is 2. The fraction of sp³-hybridized carbons (Fsp3) is 0.167. The normalized spacial score (nSPS) is 12.6. The molecule has 1 unspecified atom stereocenters. The molecular weight excluding hydrogens is 447 g/mol. The summed E-state index contributed by atoms with van der Waals surface area (Å²) in [5.74, 6) is 0.850. The third kappa shape index (κ3) is 4.43. The van der Waals surface area contributed by atoms with Crippen LogP contribution in [0.15, 0.2) is 66.7 Å². The van der Waals surface area contributed by atoms with E-state index in [1.54, 1.807) is 66.7 Å². The molecule has 0 aliphatic heterocycles. The Balaban J connectivity index is 1.69. The molecule has 0 bridgehead atoms. The second-order valence-corrected chi connectivity index (χ2v) is 8.50. The van der Waals surface area contributed by atoms with Gasteiger partial charge in [0.1, 0.15) is 17.2 Å². The van der Waals surface area contributed by atoms with E-state index in [0.29, 0.717) is 37.8 Å². The highest BCUT2D eigenvalue weighted by atomic mass is 35.5. The second kappa shape index (κ2) is 8.82. The number of nitrogen functional groups attached to an aromatic ring is 2. The van der Waals surface area contributed by atoms with Gasteiger partial charge in [-0.15, -0.1) is 0 Å². The Kier molecular flexibility index (Phi) is 6.11. The van der Waals surface area contributed by atoms with Crippen molar-refractivity contribution in [3.8, 4) is 5.75 Å². The van der Waals surface area contributed by atoms with Crippen molar-refractivity contribution in [2.75, 3.05) is 11.5 Å². The van der Waals surface area contributed by atoms with Gasteiger partial charge in [-0.25, -0.2) is 4.98 Å². The maximum atomic E-state index is 11.9. The van der Waals surface area contributed by atoms with Gasteiger partial charge < -0.3 is 21.3 Å². The van der Waals surface area contributed by atoms with Gasteiger partial charge in [0.2, 0.25) is 5.95 Å². The first kappa shape index (κ1) is 22.1. The molecule has 0 aliphatic carbocycles. The number of aliphatic hydroxyl groups is 1. The number of halogens is 2. The van der Waals surface area contributed by atoms with Gasteiger partial charge in [-0.2, -0.15) is 4.98 Å². The van der Waals surface area contributed by atoms with E-state index in [2.05, 4.69) is 9.97 Å². The summed E-state index contributed by atoms with van der Waals surface area (Å²) in [7, 11) is 0. The summed E-state index contributed by atoms with van der Waals surface area (Å²) in [6, 6.07) is 19.6. The largest absolute Gasteiger partial charge is 0.490 e. The maximum Gasteiger partial charge on any atom is 0.222 e. The zero-order valence-electron chi connectivity index (χ0n) is 17.3. The third-order valence-corrected chi connectivity index (χ3v) is 5.79. The minimum atomic E-state index is -1.34. The molecular formula is C24H22Cl2N4O2. The molecule has 4 rings (SSSR count). The summed E-state index contributed by atoms with van der Waals surface area (Å²) in [4.78, 5) is 8.27. The first-order valence-corrected chi connectivity index (χ1v) is 10.7. The molecule has 6 nitrogen and oxygen atoms in total. The first-order valence-electron chi connectivity index (χ1n) is 9.99. The fourth-order valence-corrected chi connectivity index (χ4v) is 4.08. The van der Waals surface area contributed by atoms with Crippen LogP contribution in [-0.4, -0.2) is 21.2 Å². The second-order valence-electron chi connectivity index (χ2n) is 7.62. The van der Waals surface area contributed by atoms with Gasteiger partial charge >= 0.3 is 0 Å². The van der Waals surface area contributed by atoms with Crippen molar-refractivity contribution >= 4 is 45.9 Å². The number of fused-ring (bicyclic) bond motifs is 1. The topological polar surface area (TPSA) is 107 Å². The number of nitrogens with zero attached hydrogens (tertiary/aromatic N) is 2. The molecule has 0 fully saturated rings. The first-order chi connectivity index (χ1) is 15.3. The van der Waals surface area contributed by atoms with Crippen LogP contribution in [0, 0.1) is 0 Å². The van der Waals surface area contributed by atoms with E-state index in [0.717, 1.165) is 0 Å². The molecule has 0 saturated heterocycles. The van der Waals surface area contributed by atoms with Crippen molar-refractivity contribution in [2.45, 2.75) is 25.0 Å². The molecule has 1 aromatic heterocycles. The molecule has 0 spiro atoms. The lowest BCUT2D eigenvalue weighted by atomic mass is 9.82. The van der Waals surface area contributed by atoms with E-state index in [9.17, 15) is 5.11 Å². The van der Waals surface area contributed by atoms with Gasteiger partial charge in [0, 0.05) is 16.5 Å². The number of hydrogen-bond acceptors (Lipinski definition) is 6. The lowest BCUT2D eigenvalue weighted by molar-refractivity contribution is 0.0318. The van der Waals surface area contributed by atoms with E-state index >= 15 is 0 Å². The number of benzene rings is 3. The van der Waals surface area contributed by atoms with E-state index < -0.39 is 11.7 Å². The summed E-state index contributed by atoms with van der Waals surface area (Å²) in [6.07, 6.45) is -0.156. The summed E-state index contributed by atoms with van der Waals surface area (Å²) in [5, 5.41) is 13.6. The highest BCUT2D eigenvalue weighted by molar-refractivity contribution is 6.30. The quantitative estimate of drug-likeness (QED) is 0.359. The van der Waals surface area contributed by atoms with Gasteiger partial charge in [0.25, 0.3) is 0 Å². The number of ether oxygens (including phenoxy) is 1. The van der Waals surface area contributed by atoms with E-state index in [1.165, 1.54) is 0 Å². The number of rotatable bonds is 6. The Morgan fingerprint density at radius 1 is 0.906 bits per heavy atom. The summed E-state index contributed by atoms with van der Waals surface area (Å²) < 4.78 is 6.22. The molecule has 0 amide bonds. The van der Waals surface area contributed by atoms with Gasteiger partial charge in [-0.3, -0.25) is 0 Å². The highest BCUT2D eigenvalue weighted by Crippen LogP contribution is 2.37. The van der Waals surface area contributed by atoms with Crippen LogP contribution in [0.25, 0.3) is 10.9 Å². The highest BCUT2D eigenvalue weighted by Gasteiger charge is 2.34. The van der Waals surface area contributed by atoms with Crippen LogP contribution in [0.2, 0.25) is 10.0 Å². The van der Waals surface area contributed by atoms with Crippen LogP contribution >= 0.6 is 23.2 Å². The lowest BCUT2D eigenvalue weighted by Crippen LogP contribution is -2.33. The smallest absolute Gasteiger partial charge is 0.222 e. The summed E-state index contributed by atoms with van der Waals surface area (Å²) in [6.45, 7) is 1.88. The predicted octanol–water partition coefficient (Wildman–Crippen LogP) is 5.19. The van der Waals surface area contributed by atoms with Crippen molar-refractivity contribution in [1.29, 1.82) is 0 Å². The van der Waals surface area contributed by atoms with E-state index in [4.69, 9.17) is 39.4 Å². The van der Waals surface area contributed by atoms with Gasteiger partial charge in [-0.05, 0) is 54.4 Å². The Hall–Kier alpha value is -3.06. The van der Waals surface area contributed by atoms with E-state index in [-0.39, 0.29) is 18.2 Å². The third-order valence-electron chi connectivity index (χ3n) is 5.28. The van der Waals surface area contributed by atoms with Crippen LogP contribution < -0.4 is 16.2 Å². The maximum absolute atomic E-state index is 11.9. The lowest BCUT2D eigenvalue weighted by Gasteiger charge is -2.32. The van der Waals surface area contributed by atoms with Crippen LogP contribution in [0.1, 0.15) is 24.5 Å². The molecule has 1 heterocycles. The molecule has 3 aromatic carbocycles. The molecule has 0 aliphatic rings. The van der Waals surface area contributed by atoms with Gasteiger partial charge in [-0.1, -0.05) is 53.5 Å². The minimum absolute atomic E-state index is 0.0973. The molecule has 164 valence electrons. The summed E-state index contributed by atoms with van der Waals surface area (Å²) in [5.41, 5.74) is 12.4. The molecule has 0 radical (unpaired) electrons. The van der Waals surface area contributed by atoms with Crippen molar-refractivity contribution in [3.05, 3.63) is 87.9 Å². The fourth-order valence-electron chi connectivity index (χ4n) is 3.82. The average molecular weight is 469 g/mol. The van der Waals surface area contributed by atoms with Crippen molar-refractivity contribution < 1.29 is 9.84 Å². The Morgan fingerprint density at radius 2 is 1.47 bits per heavy atom. The van der Waals surface area contributed by atoms with Crippen molar-refractivity contribution in [3.63, 3.8) is 0 Å². The van der Waals surface area contributed by atoms with E-state index in [1.807, 2.05) is 6.92 Å². The van der Waals surface area contributed by atoms with Gasteiger partial charge in [0.05, 0.1) is 17.0 Å². The average Bonchev–Trinajstić information content (AvgIpc) is 2.74. The Bertz CT molecular complexity index is 1200. The standard InChI is InChI=1S/C24H22Cl2N4O2/c1-14(32-20-4-2-3-19-21(20)22(27)30-23(28)29-19)13-24(31,15-5-9-17(25)10-6-15)16-7-11-18(26)12-8-16/h2-12,14,31H,13H2,1H3,(H4,27,28,29,30). The van der Waals surface area contributed by atoms with Crippen LogP contribution in [0.4, 0.5) is 11.8 Å². The SMILES string of the molecule is CC(CC(O)(c1ccc(Cl)cc1)c1ccc(Cl)cc1)Oc1cccc2nc(N)nc(N)c12. The zero-order valence-corrected chi connectivity index (χ0v) is 18.8. The summed E-state index contributed by atoms with van der Waals surface area (Å²) >= 11 is 12.1. The van der Waals surface area contributed by atoms with Gasteiger partial charge in [0.15, 0.2) is 0 Å². The molecule has 8 heteroatoms. The van der Waals surface area contributed by atoms with Crippen LogP contribution in [-0.2, 0) is 5.60 Å². The molecule has 4 aromatic rings. The Morgan fingerprint density at radius 3 is 2.03 bits per heavy atom.